The Bertz CT molecular complexity index is 1420. The Morgan fingerprint density at radius 3 is 2.12 bits per heavy atom. The monoisotopic (exact) mass is 575 g/mol. The van der Waals surface area contributed by atoms with Crippen LogP contribution in [0.2, 0.25) is 0 Å². The maximum absolute atomic E-state index is 14.0. The summed E-state index contributed by atoms with van der Waals surface area (Å²) >= 11 is 0. The zero-order chi connectivity index (χ0) is 29.4. The van der Waals surface area contributed by atoms with Crippen LogP contribution >= 0.6 is 0 Å². The van der Waals surface area contributed by atoms with E-state index in [1.165, 1.54) is 29.2 Å². The average molecular weight is 576 g/mol. The predicted molar refractivity (Wildman–Crippen MR) is 147 cm³/mol. The number of nitrogens with zero attached hydrogens (tertiary/aromatic N) is 2. The molecule has 2 amide bonds. The molecule has 0 aliphatic heterocycles. The fourth-order valence-electron chi connectivity index (χ4n) is 4.04. The van der Waals surface area contributed by atoms with Crippen LogP contribution in [-0.4, -0.2) is 50.0 Å². The van der Waals surface area contributed by atoms with Gasteiger partial charge in [-0.1, -0.05) is 49.4 Å². The molecule has 0 unspecified atom stereocenters. The minimum Gasteiger partial charge on any atom is -0.352 e. The molecule has 1 N–H and O–H groups in total. The lowest BCUT2D eigenvalue weighted by atomic mass is 10.0. The van der Waals surface area contributed by atoms with Gasteiger partial charge in [0, 0.05) is 25.1 Å². The predicted octanol–water partition coefficient (Wildman–Crippen LogP) is 4.42. The SMILES string of the molecule is CC[C@H](C)NC(=O)[C@H](Cc1ccccc1)N(Cc1ccc(F)cc1)C(=O)CN(c1ccc(F)c(F)c1)S(C)(=O)=O. The van der Waals surface area contributed by atoms with Crippen LogP contribution in [0.3, 0.4) is 0 Å². The Kier molecular flexibility index (Phi) is 10.3. The van der Waals surface area contributed by atoms with Gasteiger partial charge in [0.05, 0.1) is 11.9 Å². The molecule has 0 heterocycles. The highest BCUT2D eigenvalue weighted by atomic mass is 32.2. The standard InChI is InChI=1S/C29H32F3N3O4S/c1-4-20(2)33-29(37)27(16-21-8-6-5-7-9-21)34(18-22-10-12-23(30)13-11-22)28(36)19-35(40(3,38)39)24-14-15-25(31)26(32)17-24/h5-15,17,20,27H,4,16,18-19H2,1-3H3,(H,33,37)/t20-,27-/m0/s1. The maximum Gasteiger partial charge on any atom is 0.244 e. The van der Waals surface area contributed by atoms with Crippen LogP contribution in [0.1, 0.15) is 31.4 Å². The van der Waals surface area contributed by atoms with E-state index in [1.807, 2.05) is 19.9 Å². The van der Waals surface area contributed by atoms with Crippen molar-refractivity contribution in [1.82, 2.24) is 10.2 Å². The van der Waals surface area contributed by atoms with Gasteiger partial charge in [-0.3, -0.25) is 13.9 Å². The summed E-state index contributed by atoms with van der Waals surface area (Å²) < 4.78 is 67.2. The van der Waals surface area contributed by atoms with Crippen LogP contribution < -0.4 is 9.62 Å². The molecule has 40 heavy (non-hydrogen) atoms. The lowest BCUT2D eigenvalue weighted by Gasteiger charge is -2.34. The fraction of sp³-hybridized carbons (Fsp3) is 0.310. The molecule has 2 atom stereocenters. The highest BCUT2D eigenvalue weighted by molar-refractivity contribution is 7.92. The number of amides is 2. The second kappa shape index (κ2) is 13.5. The molecular formula is C29H32F3N3O4S. The first-order valence-corrected chi connectivity index (χ1v) is 14.5. The molecular weight excluding hydrogens is 543 g/mol. The molecule has 0 fully saturated rings. The van der Waals surface area contributed by atoms with Crippen molar-refractivity contribution in [3.63, 3.8) is 0 Å². The second-order valence-corrected chi connectivity index (χ2v) is 11.4. The Hall–Kier alpha value is -3.86. The molecule has 0 radical (unpaired) electrons. The van der Waals surface area contributed by atoms with Crippen LogP contribution in [-0.2, 0) is 32.6 Å². The highest BCUT2D eigenvalue weighted by Crippen LogP contribution is 2.22. The van der Waals surface area contributed by atoms with Crippen LogP contribution in [0.4, 0.5) is 18.9 Å². The van der Waals surface area contributed by atoms with Crippen molar-refractivity contribution in [2.45, 2.75) is 45.3 Å². The zero-order valence-electron chi connectivity index (χ0n) is 22.5. The lowest BCUT2D eigenvalue weighted by molar-refractivity contribution is -0.140. The van der Waals surface area contributed by atoms with E-state index >= 15 is 0 Å². The molecule has 11 heteroatoms. The molecule has 3 aromatic carbocycles. The summed E-state index contributed by atoms with van der Waals surface area (Å²) in [6, 6.07) is 15.6. The molecule has 0 bridgehead atoms. The first-order valence-electron chi connectivity index (χ1n) is 12.7. The number of hydrogen-bond acceptors (Lipinski definition) is 4. The minimum absolute atomic E-state index is 0.111. The van der Waals surface area contributed by atoms with Crippen LogP contribution in [0.25, 0.3) is 0 Å². The third-order valence-electron chi connectivity index (χ3n) is 6.41. The summed E-state index contributed by atoms with van der Waals surface area (Å²) in [5, 5.41) is 2.89. The van der Waals surface area contributed by atoms with E-state index in [2.05, 4.69) is 5.32 Å². The fourth-order valence-corrected chi connectivity index (χ4v) is 4.88. The van der Waals surface area contributed by atoms with Crippen molar-refractivity contribution in [3.05, 3.63) is 101 Å². The largest absolute Gasteiger partial charge is 0.352 e. The summed E-state index contributed by atoms with van der Waals surface area (Å²) in [5.74, 6) is -4.16. The van der Waals surface area contributed by atoms with Crippen LogP contribution in [0.15, 0.2) is 72.8 Å². The van der Waals surface area contributed by atoms with Gasteiger partial charge in [-0.05, 0) is 48.7 Å². The summed E-state index contributed by atoms with van der Waals surface area (Å²) in [6.07, 6.45) is 1.58. The van der Waals surface area contributed by atoms with E-state index in [-0.39, 0.29) is 24.7 Å². The van der Waals surface area contributed by atoms with Crippen molar-refractivity contribution < 1.29 is 31.2 Å². The Morgan fingerprint density at radius 1 is 0.900 bits per heavy atom. The van der Waals surface area contributed by atoms with Gasteiger partial charge in [0.25, 0.3) is 0 Å². The number of rotatable bonds is 12. The van der Waals surface area contributed by atoms with Gasteiger partial charge in [-0.15, -0.1) is 0 Å². The van der Waals surface area contributed by atoms with Gasteiger partial charge in [-0.2, -0.15) is 0 Å². The number of nitrogens with one attached hydrogen (secondary N) is 1. The third kappa shape index (κ3) is 8.32. The molecule has 0 aliphatic rings. The van der Waals surface area contributed by atoms with Crippen molar-refractivity contribution in [2.24, 2.45) is 0 Å². The van der Waals surface area contributed by atoms with E-state index in [4.69, 9.17) is 0 Å². The molecule has 0 spiro atoms. The average Bonchev–Trinajstić information content (AvgIpc) is 2.91. The van der Waals surface area contributed by atoms with Gasteiger partial charge in [0.15, 0.2) is 11.6 Å². The van der Waals surface area contributed by atoms with E-state index in [9.17, 15) is 31.2 Å². The zero-order valence-corrected chi connectivity index (χ0v) is 23.3. The molecule has 3 aromatic rings. The molecule has 0 saturated carbocycles. The van der Waals surface area contributed by atoms with Crippen LogP contribution in [0.5, 0.6) is 0 Å². The van der Waals surface area contributed by atoms with Gasteiger partial charge in [-0.25, -0.2) is 21.6 Å². The Labute approximate surface area is 232 Å². The van der Waals surface area contributed by atoms with Crippen molar-refractivity contribution in [3.8, 4) is 0 Å². The molecule has 0 saturated heterocycles. The number of carbonyl (C=O) groups is 2. The normalized spacial score (nSPS) is 12.8. The summed E-state index contributed by atoms with van der Waals surface area (Å²) in [7, 11) is -4.14. The number of halogens is 3. The van der Waals surface area contributed by atoms with E-state index in [0.717, 1.165) is 24.0 Å². The summed E-state index contributed by atoms with van der Waals surface area (Å²) in [4.78, 5) is 28.7. The number of anilines is 1. The first kappa shape index (κ1) is 30.7. The maximum atomic E-state index is 14.0. The second-order valence-electron chi connectivity index (χ2n) is 9.54. The Balaban J connectivity index is 2.06. The lowest BCUT2D eigenvalue weighted by Crippen LogP contribution is -2.54. The number of benzene rings is 3. The minimum atomic E-state index is -4.14. The van der Waals surface area contributed by atoms with Crippen molar-refractivity contribution in [1.29, 1.82) is 0 Å². The molecule has 0 aliphatic carbocycles. The van der Waals surface area contributed by atoms with Crippen LogP contribution in [0, 0.1) is 17.5 Å². The van der Waals surface area contributed by atoms with Gasteiger partial charge in [0.2, 0.25) is 21.8 Å². The highest BCUT2D eigenvalue weighted by Gasteiger charge is 2.33. The quantitative estimate of drug-likeness (QED) is 0.346. The van der Waals surface area contributed by atoms with Crippen molar-refractivity contribution in [2.75, 3.05) is 17.1 Å². The third-order valence-corrected chi connectivity index (χ3v) is 7.55. The summed E-state index contributed by atoms with van der Waals surface area (Å²) in [6.45, 7) is 2.79. The van der Waals surface area contributed by atoms with Gasteiger partial charge in [0.1, 0.15) is 18.4 Å². The molecule has 7 nitrogen and oxygen atoms in total. The molecule has 214 valence electrons. The topological polar surface area (TPSA) is 86.8 Å². The molecule has 3 rings (SSSR count). The summed E-state index contributed by atoms with van der Waals surface area (Å²) in [5.41, 5.74) is 1.01. The smallest absolute Gasteiger partial charge is 0.244 e. The Morgan fingerprint density at radius 2 is 1.55 bits per heavy atom. The number of sulfonamides is 1. The number of hydrogen-bond donors (Lipinski definition) is 1. The van der Waals surface area contributed by atoms with Crippen molar-refractivity contribution >= 4 is 27.5 Å². The van der Waals surface area contributed by atoms with E-state index in [0.29, 0.717) is 22.4 Å². The van der Waals surface area contributed by atoms with E-state index in [1.54, 1.807) is 24.3 Å². The molecule has 0 aromatic heterocycles. The van der Waals surface area contributed by atoms with E-state index < -0.39 is 51.9 Å². The first-order chi connectivity index (χ1) is 18.9. The number of carbonyl (C=O) groups excluding carboxylic acids is 2. The van der Waals surface area contributed by atoms with Gasteiger partial charge < -0.3 is 10.2 Å². The van der Waals surface area contributed by atoms with Gasteiger partial charge >= 0.3 is 0 Å².